The lowest BCUT2D eigenvalue weighted by atomic mass is 9.48. The van der Waals surface area contributed by atoms with Gasteiger partial charge in [0.1, 0.15) is 5.82 Å². The number of nitrogens with zero attached hydrogens (tertiary/aromatic N) is 3. The van der Waals surface area contributed by atoms with Gasteiger partial charge >= 0.3 is 0 Å². The summed E-state index contributed by atoms with van der Waals surface area (Å²) in [4.78, 5) is 22.8. The average molecular weight is 408 g/mol. The van der Waals surface area contributed by atoms with E-state index in [-0.39, 0.29) is 16.7 Å². The zero-order valence-electron chi connectivity index (χ0n) is 18.5. The molecule has 0 saturated heterocycles. The second-order valence-electron chi connectivity index (χ2n) is 10.6. The highest BCUT2D eigenvalue weighted by atomic mass is 16.3. The minimum Gasteiger partial charge on any atom is -0.388 e. The summed E-state index contributed by atoms with van der Waals surface area (Å²) >= 11 is 0. The molecule has 3 fully saturated rings. The number of aliphatic hydroxyl groups excluding tert-OH is 1. The molecule has 5 rings (SSSR count). The topological polar surface area (TPSA) is 66.3 Å². The lowest BCUT2D eigenvalue weighted by molar-refractivity contribution is -0.140. The zero-order valence-corrected chi connectivity index (χ0v) is 18.5. The van der Waals surface area contributed by atoms with Crippen molar-refractivity contribution in [2.24, 2.45) is 28.6 Å². The molecule has 1 aromatic rings. The van der Waals surface area contributed by atoms with Crippen LogP contribution < -0.4 is 0 Å². The Morgan fingerprint density at radius 3 is 2.63 bits per heavy atom. The van der Waals surface area contributed by atoms with Crippen molar-refractivity contribution in [2.45, 2.75) is 65.0 Å². The molecule has 0 spiro atoms. The van der Waals surface area contributed by atoms with E-state index in [1.54, 1.807) is 6.08 Å². The van der Waals surface area contributed by atoms with Gasteiger partial charge in [0.2, 0.25) is 5.91 Å². The largest absolute Gasteiger partial charge is 0.388 e. The third-order valence-corrected chi connectivity index (χ3v) is 9.15. The molecule has 2 heterocycles. The summed E-state index contributed by atoms with van der Waals surface area (Å²) in [6, 6.07) is 0.298. The highest BCUT2D eigenvalue weighted by Crippen LogP contribution is 2.64. The van der Waals surface area contributed by atoms with Gasteiger partial charge < -0.3 is 10.0 Å². The molecule has 160 valence electrons. The molecule has 1 amide bonds. The van der Waals surface area contributed by atoms with Crippen LogP contribution >= 0.6 is 0 Å². The Morgan fingerprint density at radius 1 is 1.17 bits per heavy atom. The quantitative estimate of drug-likeness (QED) is 0.769. The van der Waals surface area contributed by atoms with Gasteiger partial charge in [-0.05, 0) is 68.4 Å². The summed E-state index contributed by atoms with van der Waals surface area (Å²) in [6.07, 6.45) is 14.7. The third-order valence-electron chi connectivity index (χ3n) is 9.15. The summed E-state index contributed by atoms with van der Waals surface area (Å²) < 4.78 is 0. The van der Waals surface area contributed by atoms with Gasteiger partial charge in [0.25, 0.3) is 0 Å². The van der Waals surface area contributed by atoms with E-state index in [1.165, 1.54) is 0 Å². The van der Waals surface area contributed by atoms with Gasteiger partial charge in [0.05, 0.1) is 6.10 Å². The van der Waals surface area contributed by atoms with Gasteiger partial charge in [-0.3, -0.25) is 4.79 Å². The molecule has 1 aromatic heterocycles. The summed E-state index contributed by atoms with van der Waals surface area (Å²) in [7, 11) is 1.96. The molecule has 5 nitrogen and oxygen atoms in total. The fourth-order valence-corrected chi connectivity index (χ4v) is 7.43. The summed E-state index contributed by atoms with van der Waals surface area (Å²) in [5.74, 6) is 2.54. The van der Waals surface area contributed by atoms with Gasteiger partial charge in [0.15, 0.2) is 0 Å². The summed E-state index contributed by atoms with van der Waals surface area (Å²) in [5.41, 5.74) is 2.07. The fourth-order valence-electron chi connectivity index (χ4n) is 7.43. The number of likely N-dealkylation sites (N-methyl/N-ethyl adjacent to an activating group) is 1. The minimum absolute atomic E-state index is 0.0368. The number of hydrogen-bond acceptors (Lipinski definition) is 4. The summed E-state index contributed by atoms with van der Waals surface area (Å²) in [5, 5.41) is 11.3. The van der Waals surface area contributed by atoms with Gasteiger partial charge in [-0.1, -0.05) is 26.0 Å². The Morgan fingerprint density at radius 2 is 1.90 bits per heavy atom. The van der Waals surface area contributed by atoms with Crippen LogP contribution in [0.1, 0.15) is 57.3 Å². The lowest BCUT2D eigenvalue weighted by Crippen LogP contribution is -2.59. The van der Waals surface area contributed by atoms with Crippen molar-refractivity contribution in [2.75, 3.05) is 7.05 Å². The van der Waals surface area contributed by atoms with Crippen LogP contribution in [-0.2, 0) is 4.79 Å². The van der Waals surface area contributed by atoms with Crippen molar-refractivity contribution in [3.63, 3.8) is 0 Å². The number of aromatic nitrogens is 2. The van der Waals surface area contributed by atoms with E-state index < -0.39 is 6.10 Å². The van der Waals surface area contributed by atoms with Gasteiger partial charge in [-0.25, -0.2) is 9.97 Å². The Hall–Kier alpha value is -2.01. The van der Waals surface area contributed by atoms with Gasteiger partial charge in [-0.2, -0.15) is 0 Å². The molecule has 0 aromatic carbocycles. The molecule has 0 bridgehead atoms. The normalized spacial score (nSPS) is 44.0. The van der Waals surface area contributed by atoms with Crippen LogP contribution in [0.5, 0.6) is 0 Å². The smallest absolute Gasteiger partial charge is 0.246 e. The van der Waals surface area contributed by atoms with Crippen LogP contribution in [0.25, 0.3) is 6.08 Å². The van der Waals surface area contributed by atoms with Crippen molar-refractivity contribution in [3.05, 3.63) is 41.5 Å². The van der Waals surface area contributed by atoms with Gasteiger partial charge in [0, 0.05) is 41.9 Å². The van der Waals surface area contributed by atoms with Crippen LogP contribution in [0.2, 0.25) is 0 Å². The minimum atomic E-state index is -0.401. The molecule has 3 aliphatic carbocycles. The van der Waals surface area contributed by atoms with Crippen LogP contribution in [0, 0.1) is 35.5 Å². The van der Waals surface area contributed by atoms with E-state index >= 15 is 0 Å². The second-order valence-corrected chi connectivity index (χ2v) is 10.6. The number of amides is 1. The number of aliphatic hydroxyl groups is 1. The van der Waals surface area contributed by atoms with Gasteiger partial charge in [-0.15, -0.1) is 0 Å². The third kappa shape index (κ3) is 2.74. The van der Waals surface area contributed by atoms with Crippen molar-refractivity contribution in [1.82, 2.24) is 14.9 Å². The molecule has 1 aliphatic heterocycles. The molecule has 0 radical (unpaired) electrons. The van der Waals surface area contributed by atoms with E-state index in [2.05, 4.69) is 36.0 Å². The van der Waals surface area contributed by atoms with Crippen molar-refractivity contribution >= 4 is 12.0 Å². The molecule has 30 heavy (non-hydrogen) atoms. The first-order valence-corrected chi connectivity index (χ1v) is 11.4. The zero-order chi connectivity index (χ0) is 21.3. The monoisotopic (exact) mass is 407 g/mol. The predicted molar refractivity (Wildman–Crippen MR) is 116 cm³/mol. The molecule has 4 aliphatic rings. The Balaban J connectivity index is 1.47. The van der Waals surface area contributed by atoms with Crippen molar-refractivity contribution in [3.8, 4) is 0 Å². The van der Waals surface area contributed by atoms with E-state index in [9.17, 15) is 9.90 Å². The number of fused-ring (bicyclic) bond motifs is 5. The molecule has 3 saturated carbocycles. The van der Waals surface area contributed by atoms with E-state index in [0.717, 1.165) is 49.1 Å². The van der Waals surface area contributed by atoms with E-state index in [0.29, 0.717) is 23.8 Å². The number of aryl methyl sites for hydroxylation is 1. The van der Waals surface area contributed by atoms with Crippen LogP contribution in [0.15, 0.2) is 30.1 Å². The van der Waals surface area contributed by atoms with Crippen molar-refractivity contribution < 1.29 is 9.90 Å². The standard InChI is InChI=1S/C25H33N3O2/c1-15-26-13-16(14-27-15)11-17-12-20-18-5-6-21-24(2,10-8-22(29)28(21)4)19(18)7-9-25(20,3)23(17)30/h8,10-11,13-14,18-21,23,30H,5-7,9,12H2,1-4H3/t18-,19-,20+,21?,23?,24-,25+/m1/s1. The highest BCUT2D eigenvalue weighted by molar-refractivity contribution is 5.89. The fraction of sp³-hybridized carbons (Fsp3) is 0.640. The SMILES string of the molecule is Cc1ncc(C=C2C[C@H]3[C@@H]4CCC5N(C)C(=O)C=C[C@]5(C)[C@@H]4CC[C@]3(C)C2O)cn1. The molecular weight excluding hydrogens is 374 g/mol. The van der Waals surface area contributed by atoms with E-state index in [4.69, 9.17) is 0 Å². The maximum atomic E-state index is 12.3. The Labute approximate surface area is 179 Å². The summed E-state index contributed by atoms with van der Waals surface area (Å²) in [6.45, 7) is 6.55. The van der Waals surface area contributed by atoms with Crippen LogP contribution in [-0.4, -0.2) is 45.1 Å². The maximum Gasteiger partial charge on any atom is 0.246 e. The maximum absolute atomic E-state index is 12.3. The predicted octanol–water partition coefficient (Wildman–Crippen LogP) is 3.78. The Bertz CT molecular complexity index is 923. The van der Waals surface area contributed by atoms with Crippen LogP contribution in [0.4, 0.5) is 0 Å². The first-order chi connectivity index (χ1) is 14.2. The first-order valence-electron chi connectivity index (χ1n) is 11.4. The van der Waals surface area contributed by atoms with Crippen LogP contribution in [0.3, 0.4) is 0 Å². The molecule has 5 heteroatoms. The Kier molecular flexibility index (Phi) is 4.48. The number of hydrogen-bond donors (Lipinski definition) is 1. The molecular formula is C25H33N3O2. The van der Waals surface area contributed by atoms with E-state index in [1.807, 2.05) is 31.3 Å². The molecule has 2 unspecified atom stereocenters. The second kappa shape index (κ2) is 6.74. The first kappa shape index (κ1) is 19.9. The number of carbonyl (C=O) groups excluding carboxylic acids is 1. The number of carbonyl (C=O) groups is 1. The number of rotatable bonds is 1. The average Bonchev–Trinajstić information content (AvgIpc) is 2.98. The molecule has 7 atom stereocenters. The van der Waals surface area contributed by atoms with Crippen molar-refractivity contribution in [1.29, 1.82) is 0 Å². The lowest BCUT2D eigenvalue weighted by Gasteiger charge is -2.59. The highest BCUT2D eigenvalue weighted by Gasteiger charge is 2.61. The molecule has 1 N–H and O–H groups in total.